The van der Waals surface area contributed by atoms with Crippen molar-refractivity contribution in [2.45, 2.75) is 12.8 Å². The smallest absolute Gasteiger partial charge is 0.257 e. The molecule has 0 aliphatic carbocycles. The first-order chi connectivity index (χ1) is 14.2. The largest absolute Gasteiger partial charge is 0.496 e. The molecule has 2 aromatic rings. The van der Waals surface area contributed by atoms with Gasteiger partial charge in [0.05, 0.1) is 25.9 Å². The number of amides is 1. The van der Waals surface area contributed by atoms with Gasteiger partial charge < -0.3 is 14.4 Å². The summed E-state index contributed by atoms with van der Waals surface area (Å²) in [6.07, 6.45) is 2.12. The molecule has 0 bridgehead atoms. The highest BCUT2D eigenvalue weighted by Gasteiger charge is 2.27. The van der Waals surface area contributed by atoms with E-state index in [4.69, 9.17) is 9.47 Å². The van der Waals surface area contributed by atoms with E-state index in [2.05, 4.69) is 17.0 Å². The number of benzene rings is 2. The van der Waals surface area contributed by atoms with E-state index in [9.17, 15) is 4.79 Å². The molecule has 1 amide bonds. The van der Waals surface area contributed by atoms with Gasteiger partial charge in [-0.15, -0.1) is 0 Å². The second-order valence-corrected chi connectivity index (χ2v) is 7.93. The third-order valence-corrected chi connectivity index (χ3v) is 6.06. The van der Waals surface area contributed by atoms with Crippen LogP contribution < -0.4 is 4.74 Å². The molecular formula is C24H30N2O3. The Morgan fingerprint density at radius 1 is 1.00 bits per heavy atom. The molecule has 2 aliphatic heterocycles. The average Bonchev–Trinajstić information content (AvgIpc) is 2.80. The fourth-order valence-corrected chi connectivity index (χ4v) is 4.32. The van der Waals surface area contributed by atoms with Crippen LogP contribution in [0.2, 0.25) is 0 Å². The Balaban J connectivity index is 1.42. The molecule has 2 heterocycles. The molecule has 2 aromatic carbocycles. The number of piperidine rings is 1. The first-order valence-electron chi connectivity index (χ1n) is 10.6. The van der Waals surface area contributed by atoms with Crippen molar-refractivity contribution in [2.24, 2.45) is 5.92 Å². The topological polar surface area (TPSA) is 42.0 Å². The number of carbonyl (C=O) groups excluding carboxylic acids is 1. The van der Waals surface area contributed by atoms with Gasteiger partial charge in [0.1, 0.15) is 5.75 Å². The number of likely N-dealkylation sites (tertiary alicyclic amines) is 1. The van der Waals surface area contributed by atoms with Crippen LogP contribution in [0.4, 0.5) is 0 Å². The van der Waals surface area contributed by atoms with Crippen LogP contribution in [0.5, 0.6) is 5.75 Å². The normalized spacial score (nSPS) is 18.6. The van der Waals surface area contributed by atoms with E-state index in [0.29, 0.717) is 17.2 Å². The molecule has 154 valence electrons. The molecule has 0 radical (unpaired) electrons. The zero-order chi connectivity index (χ0) is 20.1. The van der Waals surface area contributed by atoms with Gasteiger partial charge in [-0.2, -0.15) is 0 Å². The molecule has 5 nitrogen and oxygen atoms in total. The summed E-state index contributed by atoms with van der Waals surface area (Å²) in [6.45, 7) is 6.49. The summed E-state index contributed by atoms with van der Waals surface area (Å²) in [4.78, 5) is 17.8. The maximum atomic E-state index is 13.3. The monoisotopic (exact) mass is 394 g/mol. The van der Waals surface area contributed by atoms with Crippen LogP contribution in [0.25, 0.3) is 11.1 Å². The van der Waals surface area contributed by atoms with Crippen LogP contribution in [0.1, 0.15) is 23.2 Å². The maximum absolute atomic E-state index is 13.3. The zero-order valence-corrected chi connectivity index (χ0v) is 17.2. The summed E-state index contributed by atoms with van der Waals surface area (Å²) in [6, 6.07) is 16.0. The van der Waals surface area contributed by atoms with Crippen molar-refractivity contribution in [1.29, 1.82) is 0 Å². The second-order valence-electron chi connectivity index (χ2n) is 7.93. The molecule has 0 spiro atoms. The first-order valence-corrected chi connectivity index (χ1v) is 10.6. The maximum Gasteiger partial charge on any atom is 0.257 e. The van der Waals surface area contributed by atoms with Gasteiger partial charge in [-0.05, 0) is 42.0 Å². The van der Waals surface area contributed by atoms with E-state index in [1.54, 1.807) is 7.11 Å². The number of nitrogens with zero attached hydrogens (tertiary/aromatic N) is 2. The average molecular weight is 395 g/mol. The minimum Gasteiger partial charge on any atom is -0.496 e. The summed E-state index contributed by atoms with van der Waals surface area (Å²) in [7, 11) is 1.63. The van der Waals surface area contributed by atoms with E-state index in [-0.39, 0.29) is 5.91 Å². The van der Waals surface area contributed by atoms with Gasteiger partial charge in [-0.25, -0.2) is 0 Å². The minimum atomic E-state index is 0.0736. The Kier molecular flexibility index (Phi) is 6.47. The Hall–Kier alpha value is -2.37. The molecule has 0 N–H and O–H groups in total. The molecule has 0 saturated carbocycles. The van der Waals surface area contributed by atoms with Crippen LogP contribution in [-0.2, 0) is 4.74 Å². The lowest BCUT2D eigenvalue weighted by molar-refractivity contribution is 0.0242. The lowest BCUT2D eigenvalue weighted by Crippen LogP contribution is -2.44. The number of hydrogen-bond acceptors (Lipinski definition) is 4. The van der Waals surface area contributed by atoms with Crippen molar-refractivity contribution < 1.29 is 14.3 Å². The number of rotatable bonds is 5. The van der Waals surface area contributed by atoms with Gasteiger partial charge >= 0.3 is 0 Å². The van der Waals surface area contributed by atoms with Crippen molar-refractivity contribution >= 4 is 5.91 Å². The molecule has 2 fully saturated rings. The van der Waals surface area contributed by atoms with Crippen molar-refractivity contribution in [2.75, 3.05) is 53.0 Å². The van der Waals surface area contributed by atoms with Crippen molar-refractivity contribution in [3.63, 3.8) is 0 Å². The number of carbonyl (C=O) groups is 1. The molecule has 0 unspecified atom stereocenters. The van der Waals surface area contributed by atoms with Gasteiger partial charge in [-0.3, -0.25) is 9.69 Å². The Morgan fingerprint density at radius 3 is 2.41 bits per heavy atom. The second kappa shape index (κ2) is 9.42. The van der Waals surface area contributed by atoms with E-state index < -0.39 is 0 Å². The van der Waals surface area contributed by atoms with Crippen molar-refractivity contribution in [3.8, 4) is 16.9 Å². The number of hydrogen-bond donors (Lipinski definition) is 0. The third-order valence-electron chi connectivity index (χ3n) is 6.06. The highest BCUT2D eigenvalue weighted by Crippen LogP contribution is 2.29. The lowest BCUT2D eigenvalue weighted by atomic mass is 9.95. The fraction of sp³-hybridized carbons (Fsp3) is 0.458. The van der Waals surface area contributed by atoms with Gasteiger partial charge in [0.2, 0.25) is 0 Å². The Bertz CT molecular complexity index is 810. The van der Waals surface area contributed by atoms with Crippen LogP contribution in [0.15, 0.2) is 48.5 Å². The SMILES string of the molecule is COc1ccc(-c2ccccc2)cc1C(=O)N1CCC(CN2CCOCC2)CC1. The molecule has 0 atom stereocenters. The van der Waals surface area contributed by atoms with E-state index in [1.807, 2.05) is 41.3 Å². The Morgan fingerprint density at radius 2 is 1.72 bits per heavy atom. The summed E-state index contributed by atoms with van der Waals surface area (Å²) in [5.41, 5.74) is 2.80. The highest BCUT2D eigenvalue weighted by molar-refractivity contribution is 5.98. The third kappa shape index (κ3) is 4.80. The first kappa shape index (κ1) is 19.9. The zero-order valence-electron chi connectivity index (χ0n) is 17.2. The quantitative estimate of drug-likeness (QED) is 0.778. The van der Waals surface area contributed by atoms with Gasteiger partial charge in [-0.1, -0.05) is 36.4 Å². The minimum absolute atomic E-state index is 0.0736. The fourth-order valence-electron chi connectivity index (χ4n) is 4.32. The van der Waals surface area contributed by atoms with Crippen LogP contribution >= 0.6 is 0 Å². The molecule has 5 heteroatoms. The summed E-state index contributed by atoms with van der Waals surface area (Å²) >= 11 is 0. The van der Waals surface area contributed by atoms with E-state index in [0.717, 1.165) is 69.9 Å². The molecule has 2 aliphatic rings. The molecule has 2 saturated heterocycles. The molecule has 29 heavy (non-hydrogen) atoms. The number of ether oxygens (including phenoxy) is 2. The highest BCUT2D eigenvalue weighted by atomic mass is 16.5. The molecule has 0 aromatic heterocycles. The van der Waals surface area contributed by atoms with E-state index >= 15 is 0 Å². The lowest BCUT2D eigenvalue weighted by Gasteiger charge is -2.36. The summed E-state index contributed by atoms with van der Waals surface area (Å²) < 4.78 is 10.9. The predicted octanol–water partition coefficient (Wildman–Crippen LogP) is 3.55. The van der Waals surface area contributed by atoms with Crippen molar-refractivity contribution in [3.05, 3.63) is 54.1 Å². The van der Waals surface area contributed by atoms with Crippen LogP contribution in [0.3, 0.4) is 0 Å². The Labute approximate surface area is 173 Å². The predicted molar refractivity (Wildman–Crippen MR) is 114 cm³/mol. The van der Waals surface area contributed by atoms with Crippen LogP contribution in [0, 0.1) is 5.92 Å². The number of morpholine rings is 1. The molecular weight excluding hydrogens is 364 g/mol. The van der Waals surface area contributed by atoms with Gasteiger partial charge in [0, 0.05) is 32.7 Å². The van der Waals surface area contributed by atoms with Crippen LogP contribution in [-0.4, -0.2) is 68.8 Å². The summed E-state index contributed by atoms with van der Waals surface area (Å²) in [5.74, 6) is 1.38. The molecule has 4 rings (SSSR count). The van der Waals surface area contributed by atoms with Gasteiger partial charge in [0.25, 0.3) is 5.91 Å². The van der Waals surface area contributed by atoms with E-state index in [1.165, 1.54) is 0 Å². The standard InChI is InChI=1S/C24H30N2O3/c1-28-23-8-7-21(20-5-3-2-4-6-20)17-22(23)24(27)26-11-9-19(10-12-26)18-25-13-15-29-16-14-25/h2-8,17,19H,9-16,18H2,1H3. The van der Waals surface area contributed by atoms with Crippen molar-refractivity contribution in [1.82, 2.24) is 9.80 Å². The number of methoxy groups -OCH3 is 1. The van der Waals surface area contributed by atoms with Gasteiger partial charge in [0.15, 0.2) is 0 Å². The summed E-state index contributed by atoms with van der Waals surface area (Å²) in [5, 5.41) is 0.